The van der Waals surface area contributed by atoms with E-state index in [0.29, 0.717) is 5.56 Å². The molecule has 0 saturated heterocycles. The number of aromatic nitrogens is 1. The van der Waals surface area contributed by atoms with E-state index in [0.717, 1.165) is 30.1 Å². The molecule has 1 aromatic carbocycles. The van der Waals surface area contributed by atoms with Gasteiger partial charge < -0.3 is 5.32 Å². The molecule has 4 heteroatoms. The van der Waals surface area contributed by atoms with Crippen molar-refractivity contribution in [3.8, 4) is 0 Å². The molecule has 20 heavy (non-hydrogen) atoms. The lowest BCUT2D eigenvalue weighted by Crippen LogP contribution is -2.24. The van der Waals surface area contributed by atoms with E-state index in [2.05, 4.69) is 31.1 Å². The molecule has 1 atom stereocenters. The number of nitrogens with one attached hydrogen (secondary N) is 1. The van der Waals surface area contributed by atoms with Crippen LogP contribution in [0.4, 0.5) is 4.39 Å². The number of halogens is 1. The van der Waals surface area contributed by atoms with E-state index < -0.39 is 0 Å². The average Bonchev–Trinajstić information content (AvgIpc) is 2.82. The van der Waals surface area contributed by atoms with Crippen LogP contribution in [-0.2, 0) is 6.42 Å². The summed E-state index contributed by atoms with van der Waals surface area (Å²) >= 11 is 1.66. The zero-order valence-corrected chi connectivity index (χ0v) is 13.1. The van der Waals surface area contributed by atoms with Gasteiger partial charge >= 0.3 is 0 Å². The second-order valence-corrected chi connectivity index (χ2v) is 6.05. The Morgan fingerprint density at radius 1 is 1.30 bits per heavy atom. The lowest BCUT2D eigenvalue weighted by Gasteiger charge is -2.17. The highest BCUT2D eigenvalue weighted by Gasteiger charge is 2.21. The molecule has 1 heterocycles. The first kappa shape index (κ1) is 15.1. The van der Waals surface area contributed by atoms with Gasteiger partial charge in [-0.15, -0.1) is 11.3 Å². The van der Waals surface area contributed by atoms with Crippen LogP contribution in [0, 0.1) is 12.7 Å². The molecule has 0 bridgehead atoms. The third-order valence-corrected chi connectivity index (χ3v) is 4.38. The lowest BCUT2D eigenvalue weighted by atomic mass is 10.1. The number of aryl methyl sites for hydroxylation is 2. The highest BCUT2D eigenvalue weighted by atomic mass is 32.1. The maximum Gasteiger partial charge on any atom is 0.128 e. The SMILES string of the molecule is CCCNC(c1nc(CC)c(C)s1)c1ccccc1F. The molecular weight excluding hydrogens is 271 g/mol. The Hall–Kier alpha value is -1.26. The first-order valence-electron chi connectivity index (χ1n) is 7.11. The predicted molar refractivity (Wildman–Crippen MR) is 82.8 cm³/mol. The van der Waals surface area contributed by atoms with Gasteiger partial charge in [0.15, 0.2) is 0 Å². The summed E-state index contributed by atoms with van der Waals surface area (Å²) in [6, 6.07) is 6.79. The van der Waals surface area contributed by atoms with Crippen molar-refractivity contribution in [2.75, 3.05) is 6.54 Å². The summed E-state index contributed by atoms with van der Waals surface area (Å²) in [5.74, 6) is -0.174. The molecule has 1 unspecified atom stereocenters. The molecule has 2 rings (SSSR count). The van der Waals surface area contributed by atoms with Gasteiger partial charge in [0.25, 0.3) is 0 Å². The molecule has 2 nitrogen and oxygen atoms in total. The van der Waals surface area contributed by atoms with Crippen LogP contribution >= 0.6 is 11.3 Å². The lowest BCUT2D eigenvalue weighted by molar-refractivity contribution is 0.544. The molecule has 0 fully saturated rings. The van der Waals surface area contributed by atoms with Crippen LogP contribution in [0.5, 0.6) is 0 Å². The first-order valence-corrected chi connectivity index (χ1v) is 7.93. The molecule has 2 aromatic rings. The summed E-state index contributed by atoms with van der Waals surface area (Å²) in [5, 5.41) is 4.37. The van der Waals surface area contributed by atoms with E-state index in [-0.39, 0.29) is 11.9 Å². The number of benzene rings is 1. The average molecular weight is 292 g/mol. The zero-order chi connectivity index (χ0) is 14.5. The predicted octanol–water partition coefficient (Wildman–Crippen LogP) is 4.24. The molecule has 1 N–H and O–H groups in total. The number of rotatable bonds is 6. The van der Waals surface area contributed by atoms with Crippen LogP contribution in [-0.4, -0.2) is 11.5 Å². The zero-order valence-electron chi connectivity index (χ0n) is 12.2. The van der Waals surface area contributed by atoms with Gasteiger partial charge in [0.1, 0.15) is 10.8 Å². The van der Waals surface area contributed by atoms with E-state index in [4.69, 9.17) is 0 Å². The number of thiazole rings is 1. The third-order valence-electron chi connectivity index (χ3n) is 3.31. The summed E-state index contributed by atoms with van der Waals surface area (Å²) in [7, 11) is 0. The maximum absolute atomic E-state index is 14.1. The third kappa shape index (κ3) is 3.25. The minimum Gasteiger partial charge on any atom is -0.304 e. The fourth-order valence-electron chi connectivity index (χ4n) is 2.23. The van der Waals surface area contributed by atoms with Crippen molar-refractivity contribution < 1.29 is 4.39 Å². The summed E-state index contributed by atoms with van der Waals surface area (Å²) in [5.41, 5.74) is 1.79. The fourth-order valence-corrected chi connectivity index (χ4v) is 3.34. The Kier molecular flexibility index (Phi) is 5.26. The molecule has 0 spiro atoms. The van der Waals surface area contributed by atoms with Gasteiger partial charge in [0.2, 0.25) is 0 Å². The molecule has 0 radical (unpaired) electrons. The molecule has 0 saturated carbocycles. The topological polar surface area (TPSA) is 24.9 Å². The van der Waals surface area contributed by atoms with Crippen molar-refractivity contribution >= 4 is 11.3 Å². The van der Waals surface area contributed by atoms with Gasteiger partial charge in [-0.3, -0.25) is 0 Å². The van der Waals surface area contributed by atoms with Crippen molar-refractivity contribution in [3.05, 3.63) is 51.2 Å². The molecule has 0 aliphatic carbocycles. The molecule has 0 amide bonds. The maximum atomic E-state index is 14.1. The Labute approximate surface area is 124 Å². The molecule has 108 valence electrons. The quantitative estimate of drug-likeness (QED) is 0.861. The minimum atomic E-state index is -0.174. The van der Waals surface area contributed by atoms with Crippen molar-refractivity contribution in [3.63, 3.8) is 0 Å². The van der Waals surface area contributed by atoms with Crippen molar-refractivity contribution in [1.82, 2.24) is 10.3 Å². The Morgan fingerprint density at radius 2 is 2.05 bits per heavy atom. The van der Waals surface area contributed by atoms with E-state index >= 15 is 0 Å². The number of hydrogen-bond acceptors (Lipinski definition) is 3. The van der Waals surface area contributed by atoms with E-state index in [1.807, 2.05) is 12.1 Å². The largest absolute Gasteiger partial charge is 0.304 e. The molecule has 0 aliphatic heterocycles. The second kappa shape index (κ2) is 6.95. The van der Waals surface area contributed by atoms with Gasteiger partial charge in [-0.2, -0.15) is 0 Å². The summed E-state index contributed by atoms with van der Waals surface area (Å²) < 4.78 is 14.1. The molecule has 0 aliphatic rings. The number of hydrogen-bond donors (Lipinski definition) is 1. The summed E-state index contributed by atoms with van der Waals surface area (Å²) in [6.07, 6.45) is 1.93. The van der Waals surface area contributed by atoms with Crippen molar-refractivity contribution in [2.45, 2.75) is 39.7 Å². The second-order valence-electron chi connectivity index (χ2n) is 4.82. The Morgan fingerprint density at radius 3 is 2.65 bits per heavy atom. The summed E-state index contributed by atoms with van der Waals surface area (Å²) in [6.45, 7) is 7.14. The minimum absolute atomic E-state index is 0.153. The Balaban J connectivity index is 2.39. The van der Waals surface area contributed by atoms with Crippen molar-refractivity contribution in [1.29, 1.82) is 0 Å². The first-order chi connectivity index (χ1) is 9.67. The highest BCUT2D eigenvalue weighted by Crippen LogP contribution is 2.29. The van der Waals surface area contributed by atoms with Gasteiger partial charge in [-0.1, -0.05) is 32.0 Å². The summed E-state index contributed by atoms with van der Waals surface area (Å²) in [4.78, 5) is 5.91. The van der Waals surface area contributed by atoms with Crippen molar-refractivity contribution in [2.24, 2.45) is 0 Å². The van der Waals surface area contributed by atoms with Crippen LogP contribution in [0.25, 0.3) is 0 Å². The van der Waals surface area contributed by atoms with Gasteiger partial charge in [-0.25, -0.2) is 9.37 Å². The fraction of sp³-hybridized carbons (Fsp3) is 0.438. The molecule has 1 aromatic heterocycles. The van der Waals surface area contributed by atoms with Crippen LogP contribution < -0.4 is 5.32 Å². The van der Waals surface area contributed by atoms with Crippen LogP contribution in [0.1, 0.15) is 47.5 Å². The highest BCUT2D eigenvalue weighted by molar-refractivity contribution is 7.11. The van der Waals surface area contributed by atoms with E-state index in [1.165, 1.54) is 10.9 Å². The van der Waals surface area contributed by atoms with E-state index in [9.17, 15) is 4.39 Å². The smallest absolute Gasteiger partial charge is 0.128 e. The van der Waals surface area contributed by atoms with Crippen LogP contribution in [0.3, 0.4) is 0 Å². The monoisotopic (exact) mass is 292 g/mol. The van der Waals surface area contributed by atoms with Crippen LogP contribution in [0.15, 0.2) is 24.3 Å². The Bertz CT molecular complexity index is 565. The standard InChI is InChI=1S/C16H21FN2S/c1-4-10-18-15(12-8-6-7-9-13(12)17)16-19-14(5-2)11(3)20-16/h6-9,15,18H,4-5,10H2,1-3H3. The normalized spacial score (nSPS) is 12.6. The van der Waals surface area contributed by atoms with Crippen LogP contribution in [0.2, 0.25) is 0 Å². The van der Waals surface area contributed by atoms with Gasteiger partial charge in [0, 0.05) is 10.4 Å². The number of nitrogens with zero attached hydrogens (tertiary/aromatic N) is 1. The van der Waals surface area contributed by atoms with Gasteiger partial charge in [-0.05, 0) is 32.4 Å². The molecular formula is C16H21FN2S. The van der Waals surface area contributed by atoms with Gasteiger partial charge in [0.05, 0.1) is 11.7 Å². The van der Waals surface area contributed by atoms with E-state index in [1.54, 1.807) is 17.4 Å².